The summed E-state index contributed by atoms with van der Waals surface area (Å²) in [6.07, 6.45) is 2.67. The second-order valence-corrected chi connectivity index (χ2v) is 9.75. The Morgan fingerprint density at radius 1 is 1.10 bits per heavy atom. The van der Waals surface area contributed by atoms with Gasteiger partial charge in [-0.1, -0.05) is 30.3 Å². The van der Waals surface area contributed by atoms with Crippen LogP contribution in [-0.4, -0.2) is 64.0 Å². The standard InChI is InChI=1S/C21H32N2O6S/c24-14-20-19(23-30(26,27)15-16-4-2-1-3-5-16)7-6-18(29-20)8-11-22-21(25)17-9-12-28-13-10-17/h1-5,17-20,23-24H,6-15H2,(H,22,25)/t18-,19-,20-/m1/s1. The molecule has 3 rings (SSSR count). The number of rotatable bonds is 9. The molecule has 0 unspecified atom stereocenters. The van der Waals surface area contributed by atoms with Crippen molar-refractivity contribution in [3.8, 4) is 0 Å². The quantitative estimate of drug-likeness (QED) is 0.527. The fourth-order valence-corrected chi connectivity index (χ4v) is 5.45. The zero-order valence-electron chi connectivity index (χ0n) is 17.2. The van der Waals surface area contributed by atoms with Crippen LogP contribution >= 0.6 is 0 Å². The Hall–Kier alpha value is -1.52. The van der Waals surface area contributed by atoms with Gasteiger partial charge < -0.3 is 19.9 Å². The first-order chi connectivity index (χ1) is 14.5. The molecule has 2 aliphatic rings. The van der Waals surface area contributed by atoms with Crippen LogP contribution in [0.2, 0.25) is 0 Å². The third kappa shape index (κ3) is 7.02. The Morgan fingerprint density at radius 2 is 1.83 bits per heavy atom. The summed E-state index contributed by atoms with van der Waals surface area (Å²) in [5, 5.41) is 12.7. The molecule has 1 aromatic carbocycles. The monoisotopic (exact) mass is 440 g/mol. The van der Waals surface area contributed by atoms with Crippen molar-refractivity contribution in [3.05, 3.63) is 35.9 Å². The van der Waals surface area contributed by atoms with Crippen LogP contribution in [0.5, 0.6) is 0 Å². The van der Waals surface area contributed by atoms with Gasteiger partial charge >= 0.3 is 0 Å². The lowest BCUT2D eigenvalue weighted by Crippen LogP contribution is -2.51. The molecule has 0 radical (unpaired) electrons. The van der Waals surface area contributed by atoms with Crippen LogP contribution in [0.25, 0.3) is 0 Å². The van der Waals surface area contributed by atoms with E-state index in [0.717, 1.165) is 12.8 Å². The lowest BCUT2D eigenvalue weighted by molar-refractivity contribution is -0.128. The molecule has 1 amide bonds. The van der Waals surface area contributed by atoms with Crippen molar-refractivity contribution in [3.63, 3.8) is 0 Å². The van der Waals surface area contributed by atoms with E-state index < -0.39 is 22.2 Å². The fourth-order valence-electron chi connectivity index (χ4n) is 4.01. The van der Waals surface area contributed by atoms with Gasteiger partial charge in [0, 0.05) is 25.7 Å². The lowest BCUT2D eigenvalue weighted by Gasteiger charge is -2.36. The van der Waals surface area contributed by atoms with E-state index in [-0.39, 0.29) is 30.3 Å². The first kappa shape index (κ1) is 23.1. The summed E-state index contributed by atoms with van der Waals surface area (Å²) < 4.78 is 38.9. The van der Waals surface area contributed by atoms with Gasteiger partial charge in [-0.3, -0.25) is 4.79 Å². The third-order valence-electron chi connectivity index (χ3n) is 5.68. The molecule has 0 aromatic heterocycles. The minimum Gasteiger partial charge on any atom is -0.394 e. The minimum absolute atomic E-state index is 0.0135. The summed E-state index contributed by atoms with van der Waals surface area (Å²) in [5.74, 6) is -0.0385. The zero-order chi connectivity index (χ0) is 21.4. The van der Waals surface area contributed by atoms with Crippen molar-refractivity contribution in [2.45, 2.75) is 56.1 Å². The molecule has 30 heavy (non-hydrogen) atoms. The van der Waals surface area contributed by atoms with Crippen molar-refractivity contribution in [1.29, 1.82) is 0 Å². The van der Waals surface area contributed by atoms with Crippen LogP contribution in [0.4, 0.5) is 0 Å². The Morgan fingerprint density at radius 3 is 2.53 bits per heavy atom. The van der Waals surface area contributed by atoms with Gasteiger partial charge in [-0.2, -0.15) is 0 Å². The Bertz CT molecular complexity index is 767. The third-order valence-corrected chi connectivity index (χ3v) is 7.06. The van der Waals surface area contributed by atoms with E-state index in [9.17, 15) is 18.3 Å². The van der Waals surface area contributed by atoms with E-state index in [4.69, 9.17) is 9.47 Å². The maximum atomic E-state index is 12.5. The van der Waals surface area contributed by atoms with Crippen LogP contribution in [0.3, 0.4) is 0 Å². The largest absolute Gasteiger partial charge is 0.394 e. The van der Waals surface area contributed by atoms with Gasteiger partial charge in [0.25, 0.3) is 0 Å². The summed E-state index contributed by atoms with van der Waals surface area (Å²) in [6, 6.07) is 8.52. The molecule has 0 saturated carbocycles. The molecule has 2 saturated heterocycles. The van der Waals surface area contributed by atoms with E-state index in [1.807, 2.05) is 6.07 Å². The lowest BCUT2D eigenvalue weighted by atomic mass is 9.97. The highest BCUT2D eigenvalue weighted by molar-refractivity contribution is 7.88. The van der Waals surface area contributed by atoms with Crippen LogP contribution in [-0.2, 0) is 30.0 Å². The number of amides is 1. The molecule has 3 N–H and O–H groups in total. The summed E-state index contributed by atoms with van der Waals surface area (Å²) in [6.45, 7) is 1.50. The molecule has 8 nitrogen and oxygen atoms in total. The summed E-state index contributed by atoms with van der Waals surface area (Å²) in [4.78, 5) is 12.2. The molecule has 0 spiro atoms. The number of hydrogen-bond donors (Lipinski definition) is 3. The van der Waals surface area contributed by atoms with E-state index in [2.05, 4.69) is 10.0 Å². The SMILES string of the molecule is O=C(NCC[C@H]1CC[C@@H](NS(=O)(=O)Cc2ccccc2)[C@@H](CO)O1)C1CCOCC1. The number of nitrogens with one attached hydrogen (secondary N) is 2. The number of sulfonamides is 1. The zero-order valence-corrected chi connectivity index (χ0v) is 18.0. The average molecular weight is 441 g/mol. The fraction of sp³-hybridized carbons (Fsp3) is 0.667. The first-order valence-electron chi connectivity index (χ1n) is 10.6. The van der Waals surface area contributed by atoms with Crippen molar-refractivity contribution < 1.29 is 27.8 Å². The normalized spacial score (nSPS) is 25.7. The number of carbonyl (C=O) groups excluding carboxylic acids is 1. The number of aliphatic hydroxyl groups is 1. The Kier molecular flexibility index (Phi) is 8.64. The molecule has 2 heterocycles. The van der Waals surface area contributed by atoms with Gasteiger partial charge in [-0.25, -0.2) is 13.1 Å². The highest BCUT2D eigenvalue weighted by Gasteiger charge is 2.33. The van der Waals surface area contributed by atoms with Gasteiger partial charge in [0.2, 0.25) is 15.9 Å². The van der Waals surface area contributed by atoms with Crippen LogP contribution in [0.1, 0.15) is 37.7 Å². The molecule has 3 atom stereocenters. The molecule has 0 bridgehead atoms. The second kappa shape index (κ2) is 11.2. The topological polar surface area (TPSA) is 114 Å². The van der Waals surface area contributed by atoms with Crippen molar-refractivity contribution >= 4 is 15.9 Å². The molecule has 1 aromatic rings. The van der Waals surface area contributed by atoms with Crippen molar-refractivity contribution in [2.75, 3.05) is 26.4 Å². The molecule has 168 valence electrons. The molecule has 2 aliphatic heterocycles. The van der Waals surface area contributed by atoms with Gasteiger partial charge in [-0.05, 0) is 37.7 Å². The molecular weight excluding hydrogens is 408 g/mol. The van der Waals surface area contributed by atoms with Gasteiger partial charge in [-0.15, -0.1) is 0 Å². The number of carbonyl (C=O) groups is 1. The molecular formula is C21H32N2O6S. The van der Waals surface area contributed by atoms with E-state index in [1.54, 1.807) is 24.3 Å². The van der Waals surface area contributed by atoms with Crippen LogP contribution < -0.4 is 10.0 Å². The number of ether oxygens (including phenoxy) is 2. The smallest absolute Gasteiger partial charge is 0.223 e. The maximum Gasteiger partial charge on any atom is 0.223 e. The summed E-state index contributed by atoms with van der Waals surface area (Å²) in [5.41, 5.74) is 0.709. The van der Waals surface area contributed by atoms with Crippen molar-refractivity contribution in [2.24, 2.45) is 5.92 Å². The van der Waals surface area contributed by atoms with Gasteiger partial charge in [0.15, 0.2) is 0 Å². The highest BCUT2D eigenvalue weighted by atomic mass is 32.2. The highest BCUT2D eigenvalue weighted by Crippen LogP contribution is 2.23. The predicted molar refractivity (Wildman–Crippen MR) is 112 cm³/mol. The molecule has 2 fully saturated rings. The number of benzene rings is 1. The van der Waals surface area contributed by atoms with E-state index in [1.165, 1.54) is 0 Å². The number of aliphatic hydroxyl groups excluding tert-OH is 1. The molecule has 9 heteroatoms. The van der Waals surface area contributed by atoms with Gasteiger partial charge in [0.1, 0.15) is 0 Å². The number of hydrogen-bond acceptors (Lipinski definition) is 6. The predicted octanol–water partition coefficient (Wildman–Crippen LogP) is 0.947. The Balaban J connectivity index is 1.43. The maximum absolute atomic E-state index is 12.5. The summed E-state index contributed by atoms with van der Waals surface area (Å²) >= 11 is 0. The Labute approximate surface area is 178 Å². The van der Waals surface area contributed by atoms with Gasteiger partial charge in [0.05, 0.1) is 30.6 Å². The summed E-state index contributed by atoms with van der Waals surface area (Å²) in [7, 11) is -3.54. The molecule has 0 aliphatic carbocycles. The van der Waals surface area contributed by atoms with E-state index in [0.29, 0.717) is 44.6 Å². The average Bonchev–Trinajstić information content (AvgIpc) is 2.75. The minimum atomic E-state index is -3.54. The first-order valence-corrected chi connectivity index (χ1v) is 12.3. The van der Waals surface area contributed by atoms with Crippen LogP contribution in [0, 0.1) is 5.92 Å². The van der Waals surface area contributed by atoms with Crippen molar-refractivity contribution in [1.82, 2.24) is 10.0 Å². The van der Waals surface area contributed by atoms with E-state index >= 15 is 0 Å². The van der Waals surface area contributed by atoms with Crippen LogP contribution in [0.15, 0.2) is 30.3 Å². The second-order valence-electron chi connectivity index (χ2n) is 7.99.